The third-order valence-electron chi connectivity index (χ3n) is 6.10. The van der Waals surface area contributed by atoms with Crippen LogP contribution < -0.4 is 0 Å². The fourth-order valence-corrected chi connectivity index (χ4v) is 5.19. The van der Waals surface area contributed by atoms with Gasteiger partial charge in [0, 0.05) is 44.0 Å². The monoisotopic (exact) mass is 513 g/mol. The Morgan fingerprint density at radius 1 is 1.32 bits per heavy atom. The van der Waals surface area contributed by atoms with Crippen LogP contribution in [0.4, 0.5) is 0 Å². The lowest BCUT2D eigenvalue weighted by atomic mass is 10.0. The zero-order chi connectivity index (χ0) is 24.9. The van der Waals surface area contributed by atoms with Gasteiger partial charge in [0.05, 0.1) is 42.1 Å². The van der Waals surface area contributed by atoms with E-state index in [9.17, 15) is 18.3 Å². The number of hydrogen-bond acceptors (Lipinski definition) is 7. The van der Waals surface area contributed by atoms with Crippen LogP contribution in [0.3, 0.4) is 0 Å². The van der Waals surface area contributed by atoms with Crippen molar-refractivity contribution in [3.63, 3.8) is 0 Å². The van der Waals surface area contributed by atoms with Gasteiger partial charge in [0.25, 0.3) is 0 Å². The van der Waals surface area contributed by atoms with Gasteiger partial charge in [0.15, 0.2) is 0 Å². The van der Waals surface area contributed by atoms with Crippen molar-refractivity contribution < 1.29 is 23.1 Å². The Balaban J connectivity index is 1.86. The van der Waals surface area contributed by atoms with Gasteiger partial charge < -0.3 is 14.7 Å². The minimum absolute atomic E-state index is 0.0726. The Morgan fingerprint density at radius 2 is 2.03 bits per heavy atom. The zero-order valence-corrected chi connectivity index (χ0v) is 21.2. The molecular weight excluding hydrogens is 482 g/mol. The zero-order valence-electron chi connectivity index (χ0n) is 19.7. The quantitative estimate of drug-likeness (QED) is 0.625. The molecule has 0 bridgehead atoms. The Bertz CT molecular complexity index is 1060. The topological polar surface area (TPSA) is 118 Å². The van der Waals surface area contributed by atoms with Gasteiger partial charge in [-0.05, 0) is 37.6 Å². The first-order valence-corrected chi connectivity index (χ1v) is 13.1. The molecule has 0 saturated carbocycles. The number of hydrogen-bond donors (Lipinski definition) is 1. The molecule has 1 aromatic heterocycles. The van der Waals surface area contributed by atoms with Crippen LogP contribution in [-0.4, -0.2) is 82.5 Å². The summed E-state index contributed by atoms with van der Waals surface area (Å²) in [7, 11) is -2.28. The third kappa shape index (κ3) is 6.33. The molecule has 0 saturated heterocycles. The first-order chi connectivity index (χ1) is 16.1. The average molecular weight is 514 g/mol. The van der Waals surface area contributed by atoms with Gasteiger partial charge in [-0.1, -0.05) is 23.7 Å². The number of carbonyl (C=O) groups is 1. The molecule has 0 fully saturated rings. The highest BCUT2D eigenvalue weighted by atomic mass is 35.5. The Hall–Kier alpha value is -2.05. The second-order valence-corrected chi connectivity index (χ2v) is 11.2. The van der Waals surface area contributed by atoms with Crippen molar-refractivity contribution in [1.82, 2.24) is 24.2 Å². The number of aryl methyl sites for hydroxylation is 1. The van der Waals surface area contributed by atoms with Crippen molar-refractivity contribution in [3.05, 3.63) is 41.2 Å². The van der Waals surface area contributed by atoms with E-state index in [1.165, 1.54) is 35.6 Å². The second kappa shape index (κ2) is 11.6. The largest absolute Gasteiger partial charge is 0.394 e. The molecule has 188 valence electrons. The van der Waals surface area contributed by atoms with Crippen LogP contribution >= 0.6 is 11.6 Å². The number of fused-ring (bicyclic) bond motifs is 1. The molecule has 3 atom stereocenters. The van der Waals surface area contributed by atoms with Crippen molar-refractivity contribution in [2.45, 2.75) is 56.9 Å². The van der Waals surface area contributed by atoms with Crippen LogP contribution in [0.1, 0.15) is 32.4 Å². The summed E-state index contributed by atoms with van der Waals surface area (Å²) in [5, 5.41) is 18.2. The molecule has 0 radical (unpaired) electrons. The van der Waals surface area contributed by atoms with E-state index in [0.29, 0.717) is 31.0 Å². The molecule has 0 unspecified atom stereocenters. The number of nitrogens with zero attached hydrogens (tertiary/aromatic N) is 5. The fourth-order valence-electron chi connectivity index (χ4n) is 3.88. The van der Waals surface area contributed by atoms with Gasteiger partial charge in [0.1, 0.15) is 0 Å². The summed E-state index contributed by atoms with van der Waals surface area (Å²) < 4.78 is 35.4. The summed E-state index contributed by atoms with van der Waals surface area (Å²) in [6.07, 6.45) is 1.98. The van der Waals surface area contributed by atoms with E-state index >= 15 is 0 Å². The fraction of sp³-hybridized carbons (Fsp3) is 0.591. The van der Waals surface area contributed by atoms with Crippen LogP contribution in [0.2, 0.25) is 5.02 Å². The summed E-state index contributed by atoms with van der Waals surface area (Å²) in [5.41, 5.74) is 0.758. The number of likely N-dealkylation sites (N-methyl/N-ethyl adjacent to an activating group) is 1. The minimum Gasteiger partial charge on any atom is -0.394 e. The molecule has 0 aliphatic carbocycles. The van der Waals surface area contributed by atoms with E-state index in [2.05, 4.69) is 10.3 Å². The SMILES string of the molecule is C[C@@H]1CN([C@H](C)CO)C(=O)CCCn2nncc2CO[C@@H]1CN(C)S(=O)(=O)c1ccc(Cl)cc1. The molecule has 1 aromatic carbocycles. The molecule has 2 heterocycles. The smallest absolute Gasteiger partial charge is 0.242 e. The van der Waals surface area contributed by atoms with Crippen LogP contribution in [0.25, 0.3) is 0 Å². The van der Waals surface area contributed by atoms with Crippen molar-refractivity contribution in [2.75, 3.05) is 26.7 Å². The van der Waals surface area contributed by atoms with Gasteiger partial charge >= 0.3 is 0 Å². The lowest BCUT2D eigenvalue weighted by molar-refractivity contribution is -0.136. The number of benzene rings is 1. The Kier molecular flexibility index (Phi) is 9.05. The first kappa shape index (κ1) is 26.6. The molecule has 34 heavy (non-hydrogen) atoms. The molecule has 10 nitrogen and oxygen atoms in total. The maximum atomic E-state index is 13.1. The minimum atomic E-state index is -3.78. The molecule has 12 heteroatoms. The van der Waals surface area contributed by atoms with E-state index < -0.39 is 16.1 Å². The molecule has 1 aliphatic rings. The third-order valence-corrected chi connectivity index (χ3v) is 8.19. The first-order valence-electron chi connectivity index (χ1n) is 11.2. The molecule has 1 aliphatic heterocycles. The van der Waals surface area contributed by atoms with Gasteiger partial charge in [-0.15, -0.1) is 5.10 Å². The molecule has 2 aromatic rings. The average Bonchev–Trinajstić information content (AvgIpc) is 3.25. The standard InChI is InChI=1S/C22H32ClN5O5S/c1-16-12-27(17(2)14-29)22(30)5-4-10-28-19(11-24-25-28)15-33-21(16)13-26(3)34(31,32)20-8-6-18(23)7-9-20/h6-9,11,16-17,21,29H,4-5,10,12-15H2,1-3H3/t16-,17-,21-/m1/s1. The van der Waals surface area contributed by atoms with E-state index in [1.54, 1.807) is 22.7 Å². The van der Waals surface area contributed by atoms with E-state index in [4.69, 9.17) is 16.3 Å². The molecule has 1 N–H and O–H groups in total. The number of ether oxygens (including phenoxy) is 1. The molecule has 0 spiro atoms. The lowest BCUT2D eigenvalue weighted by Crippen LogP contribution is -2.47. The van der Waals surface area contributed by atoms with Crippen molar-refractivity contribution in [1.29, 1.82) is 0 Å². The predicted molar refractivity (Wildman–Crippen MR) is 127 cm³/mol. The van der Waals surface area contributed by atoms with Gasteiger partial charge in [0.2, 0.25) is 15.9 Å². The molecule has 3 rings (SSSR count). The number of halogens is 1. The van der Waals surface area contributed by atoms with E-state index in [0.717, 1.165) is 5.69 Å². The highest BCUT2D eigenvalue weighted by molar-refractivity contribution is 7.89. The highest BCUT2D eigenvalue weighted by Gasteiger charge is 2.31. The number of amides is 1. The predicted octanol–water partition coefficient (Wildman–Crippen LogP) is 1.78. The summed E-state index contributed by atoms with van der Waals surface area (Å²) in [6, 6.07) is 5.63. The van der Waals surface area contributed by atoms with Crippen LogP contribution in [0.5, 0.6) is 0 Å². The summed E-state index contributed by atoms with van der Waals surface area (Å²) in [6.45, 7) is 4.66. The highest BCUT2D eigenvalue weighted by Crippen LogP contribution is 2.22. The van der Waals surface area contributed by atoms with Gasteiger partial charge in [-0.2, -0.15) is 4.31 Å². The number of aromatic nitrogens is 3. The summed E-state index contributed by atoms with van der Waals surface area (Å²) in [4.78, 5) is 14.7. The number of carbonyl (C=O) groups excluding carboxylic acids is 1. The van der Waals surface area contributed by atoms with Crippen molar-refractivity contribution in [2.24, 2.45) is 5.92 Å². The normalized spacial score (nSPS) is 21.6. The van der Waals surface area contributed by atoms with Crippen molar-refractivity contribution in [3.8, 4) is 0 Å². The second-order valence-electron chi connectivity index (χ2n) is 8.70. The number of sulfonamides is 1. The van der Waals surface area contributed by atoms with Gasteiger partial charge in [-0.3, -0.25) is 4.79 Å². The summed E-state index contributed by atoms with van der Waals surface area (Å²) in [5.74, 6) is -0.291. The number of aliphatic hydroxyl groups excluding tert-OH is 1. The van der Waals surface area contributed by atoms with E-state index in [-0.39, 0.29) is 42.5 Å². The Labute approximate surface area is 205 Å². The van der Waals surface area contributed by atoms with Crippen LogP contribution in [0, 0.1) is 5.92 Å². The molecular formula is C22H32ClN5O5S. The maximum Gasteiger partial charge on any atom is 0.242 e. The summed E-state index contributed by atoms with van der Waals surface area (Å²) >= 11 is 5.91. The number of rotatable bonds is 6. The van der Waals surface area contributed by atoms with E-state index in [1.807, 2.05) is 6.92 Å². The van der Waals surface area contributed by atoms with Crippen LogP contribution in [-0.2, 0) is 32.7 Å². The van der Waals surface area contributed by atoms with Gasteiger partial charge in [-0.25, -0.2) is 13.1 Å². The van der Waals surface area contributed by atoms with Crippen LogP contribution in [0.15, 0.2) is 35.4 Å². The van der Waals surface area contributed by atoms with Crippen molar-refractivity contribution >= 4 is 27.5 Å². The maximum absolute atomic E-state index is 13.1. The Morgan fingerprint density at radius 3 is 2.71 bits per heavy atom. The number of aliphatic hydroxyl groups is 1. The molecule has 1 amide bonds. The lowest BCUT2D eigenvalue weighted by Gasteiger charge is -2.35.